The molecular weight excluding hydrogens is 455 g/mol. The molecule has 34 heavy (non-hydrogen) atoms. The molecular formula is C24H32FN6O2S+. The van der Waals surface area contributed by atoms with Crippen LogP contribution >= 0.6 is 11.8 Å². The molecule has 0 unspecified atom stereocenters. The predicted octanol–water partition coefficient (Wildman–Crippen LogP) is 4.62. The van der Waals surface area contributed by atoms with E-state index in [1.807, 2.05) is 20.8 Å². The summed E-state index contributed by atoms with van der Waals surface area (Å²) in [6.07, 6.45) is 7.07. The van der Waals surface area contributed by atoms with E-state index in [4.69, 9.17) is 15.7 Å². The van der Waals surface area contributed by atoms with Gasteiger partial charge in [0.1, 0.15) is 0 Å². The Morgan fingerprint density at radius 3 is 2.62 bits per heavy atom. The van der Waals surface area contributed by atoms with E-state index in [1.165, 1.54) is 23.6 Å². The van der Waals surface area contributed by atoms with Crippen LogP contribution in [0.4, 0.5) is 15.9 Å². The number of amidine groups is 1. The first-order valence-electron chi connectivity index (χ1n) is 11.2. The lowest BCUT2D eigenvalue weighted by molar-refractivity contribution is -0.830. The Labute approximate surface area is 203 Å². The van der Waals surface area contributed by atoms with Gasteiger partial charge in [0.25, 0.3) is 5.91 Å². The molecule has 1 amide bonds. The number of hydrogen-bond acceptors (Lipinski definition) is 6. The Morgan fingerprint density at radius 1 is 1.32 bits per heavy atom. The zero-order chi connectivity index (χ0) is 24.9. The Hall–Kier alpha value is -2.82. The van der Waals surface area contributed by atoms with E-state index < -0.39 is 17.3 Å². The molecule has 3 rings (SSSR count). The molecule has 0 saturated heterocycles. The van der Waals surface area contributed by atoms with Crippen LogP contribution in [0.3, 0.4) is 0 Å². The summed E-state index contributed by atoms with van der Waals surface area (Å²) in [6, 6.07) is 6.54. The molecule has 1 aliphatic rings. The van der Waals surface area contributed by atoms with Crippen molar-refractivity contribution >= 4 is 40.7 Å². The fourth-order valence-electron chi connectivity index (χ4n) is 3.94. The highest BCUT2D eigenvalue weighted by Crippen LogP contribution is 2.35. The van der Waals surface area contributed by atoms with Gasteiger partial charge in [0, 0.05) is 28.8 Å². The van der Waals surface area contributed by atoms with Crippen molar-refractivity contribution in [3.05, 3.63) is 47.4 Å². The van der Waals surface area contributed by atoms with Crippen LogP contribution < -0.4 is 10.8 Å². The van der Waals surface area contributed by atoms with E-state index >= 15 is 0 Å². The molecule has 5 N–H and O–H groups in total. The molecule has 0 atom stereocenters. The number of nitrogens with two attached hydrogens (primary N) is 1. The van der Waals surface area contributed by atoms with Crippen molar-refractivity contribution in [2.24, 2.45) is 0 Å². The minimum Gasteiger partial charge on any atom is -0.307 e. The normalized spacial score (nSPS) is 14.1. The van der Waals surface area contributed by atoms with E-state index in [1.54, 1.807) is 24.4 Å². The maximum absolute atomic E-state index is 14.8. The molecule has 1 saturated carbocycles. The number of hydrogen-bond donors (Lipinski definition) is 4. The second kappa shape index (κ2) is 11.1. The van der Waals surface area contributed by atoms with Crippen molar-refractivity contribution in [2.75, 3.05) is 12.4 Å². The van der Waals surface area contributed by atoms with E-state index in [9.17, 15) is 9.18 Å². The van der Waals surface area contributed by atoms with Crippen molar-refractivity contribution in [3.63, 3.8) is 0 Å². The van der Waals surface area contributed by atoms with Crippen LogP contribution in [0.5, 0.6) is 0 Å². The average molecular weight is 488 g/mol. The Bertz CT molecular complexity index is 1070. The van der Waals surface area contributed by atoms with Crippen LogP contribution in [0.25, 0.3) is 0 Å². The number of benzene rings is 1. The standard InChI is InChI=1S/C24H31FN6O2S/c1-24(2,3)31(14-26)23(27)34-20-10-9-17(30-33-4)12-18(20)22(32)29-21-19(25)11-16(13-28-21)15-7-5-6-8-15/h9-15,26-27,30H,5-8H2,1-4H3,(H,28,29,32)/p+1. The highest BCUT2D eigenvalue weighted by Gasteiger charge is 2.26. The Kier molecular flexibility index (Phi) is 8.40. The smallest absolute Gasteiger partial charge is 0.258 e. The van der Waals surface area contributed by atoms with Gasteiger partial charge in [0.05, 0.1) is 19.0 Å². The molecule has 1 heterocycles. The van der Waals surface area contributed by atoms with Crippen LogP contribution in [-0.4, -0.2) is 39.9 Å². The number of quaternary nitrogens is 1. The molecule has 8 nitrogen and oxygen atoms in total. The molecule has 1 aromatic carbocycles. The summed E-state index contributed by atoms with van der Waals surface area (Å²) in [5, 5.41) is 18.8. The van der Waals surface area contributed by atoms with E-state index in [0.29, 0.717) is 16.5 Å². The zero-order valence-electron chi connectivity index (χ0n) is 19.9. The number of rotatable bonds is 7. The maximum atomic E-state index is 14.8. The summed E-state index contributed by atoms with van der Waals surface area (Å²) in [7, 11) is 1.51. The zero-order valence-corrected chi connectivity index (χ0v) is 20.8. The van der Waals surface area contributed by atoms with E-state index in [2.05, 4.69) is 10.3 Å². The fourth-order valence-corrected chi connectivity index (χ4v) is 4.97. The molecule has 1 fully saturated rings. The first kappa shape index (κ1) is 25.8. The third-order valence-electron chi connectivity index (χ3n) is 5.70. The van der Waals surface area contributed by atoms with Crippen molar-refractivity contribution in [1.29, 1.82) is 10.8 Å². The molecule has 0 spiro atoms. The van der Waals surface area contributed by atoms with Gasteiger partial charge in [-0.25, -0.2) is 14.2 Å². The monoisotopic (exact) mass is 487 g/mol. The SMILES string of the molecule is CO[NH2+]c1ccc(SC(=N)N(C=N)C(C)(C)C)c(C(=O)Nc2ncc(C3CCCC3)cc2F)c1. The number of nitrogens with zero attached hydrogens (tertiary/aromatic N) is 2. The summed E-state index contributed by atoms with van der Waals surface area (Å²) in [5.74, 6) is -0.919. The van der Waals surface area contributed by atoms with E-state index in [0.717, 1.165) is 49.3 Å². The summed E-state index contributed by atoms with van der Waals surface area (Å²) in [4.78, 5) is 24.4. The average Bonchev–Trinajstić information content (AvgIpc) is 3.30. The molecule has 1 aliphatic carbocycles. The van der Waals surface area contributed by atoms with Crippen LogP contribution in [0.15, 0.2) is 35.4 Å². The number of anilines is 1. The topological polar surface area (TPSA) is 119 Å². The van der Waals surface area contributed by atoms with Crippen LogP contribution in [0, 0.1) is 16.6 Å². The highest BCUT2D eigenvalue weighted by molar-refractivity contribution is 8.13. The lowest BCUT2D eigenvalue weighted by atomic mass is 9.99. The van der Waals surface area contributed by atoms with Gasteiger partial charge in [-0.1, -0.05) is 24.6 Å². The summed E-state index contributed by atoms with van der Waals surface area (Å²) >= 11 is 1.05. The van der Waals surface area contributed by atoms with Gasteiger partial charge >= 0.3 is 0 Å². The van der Waals surface area contributed by atoms with Crippen LogP contribution in [0.1, 0.15) is 68.3 Å². The van der Waals surface area contributed by atoms with Gasteiger partial charge < -0.3 is 10.2 Å². The second-order valence-electron chi connectivity index (χ2n) is 9.22. The largest absolute Gasteiger partial charge is 0.307 e. The molecule has 0 aliphatic heterocycles. The first-order chi connectivity index (χ1) is 16.1. The maximum Gasteiger partial charge on any atom is 0.258 e. The number of halogens is 1. The van der Waals surface area contributed by atoms with Crippen LogP contribution in [0.2, 0.25) is 0 Å². The second-order valence-corrected chi connectivity index (χ2v) is 10.3. The summed E-state index contributed by atoms with van der Waals surface area (Å²) < 4.78 is 14.8. The number of nitrogens with one attached hydrogen (secondary N) is 3. The molecule has 182 valence electrons. The first-order valence-corrected chi connectivity index (χ1v) is 12.0. The minimum atomic E-state index is -0.568. The molecule has 0 radical (unpaired) electrons. The Morgan fingerprint density at radius 2 is 2.03 bits per heavy atom. The number of carbonyl (C=O) groups is 1. The molecule has 2 aromatic rings. The minimum absolute atomic E-state index is 0.0882. The number of aromatic nitrogens is 1. The predicted molar refractivity (Wildman–Crippen MR) is 132 cm³/mol. The summed E-state index contributed by atoms with van der Waals surface area (Å²) in [6.45, 7) is 5.67. The molecule has 10 heteroatoms. The number of amides is 1. The number of pyridine rings is 1. The van der Waals surface area contributed by atoms with E-state index in [-0.39, 0.29) is 16.5 Å². The fraction of sp³-hybridized carbons (Fsp3) is 0.417. The van der Waals surface area contributed by atoms with Gasteiger partial charge in [-0.2, -0.15) is 5.48 Å². The molecule has 0 bridgehead atoms. The third-order valence-corrected chi connectivity index (χ3v) is 6.67. The number of thioether (sulfide) groups is 1. The van der Waals surface area contributed by atoms with Crippen molar-refractivity contribution < 1.29 is 19.5 Å². The van der Waals surface area contributed by atoms with Gasteiger partial charge in [0.15, 0.2) is 22.5 Å². The lowest BCUT2D eigenvalue weighted by Gasteiger charge is -2.33. The lowest BCUT2D eigenvalue weighted by Crippen LogP contribution is -2.76. The van der Waals surface area contributed by atoms with Crippen molar-refractivity contribution in [1.82, 2.24) is 9.88 Å². The highest BCUT2D eigenvalue weighted by atomic mass is 32.2. The van der Waals surface area contributed by atoms with Gasteiger partial charge in [-0.3, -0.25) is 15.6 Å². The Balaban J connectivity index is 1.86. The van der Waals surface area contributed by atoms with Gasteiger partial charge in [0.2, 0.25) is 0 Å². The van der Waals surface area contributed by atoms with Gasteiger partial charge in [-0.05, 0) is 57.2 Å². The molecule has 1 aromatic heterocycles. The van der Waals surface area contributed by atoms with Gasteiger partial charge in [-0.15, -0.1) is 0 Å². The van der Waals surface area contributed by atoms with Crippen LogP contribution in [-0.2, 0) is 4.84 Å². The number of carbonyl (C=O) groups excluding carboxylic acids is 1. The summed E-state index contributed by atoms with van der Waals surface area (Å²) in [5.41, 5.74) is 2.77. The van der Waals surface area contributed by atoms with Crippen molar-refractivity contribution in [2.45, 2.75) is 62.8 Å². The quantitative estimate of drug-likeness (QED) is 0.149. The van der Waals surface area contributed by atoms with Crippen molar-refractivity contribution in [3.8, 4) is 0 Å². The third kappa shape index (κ3) is 6.19.